The molecule has 0 saturated heterocycles. The van der Waals surface area contributed by atoms with Crippen LogP contribution in [0, 0.1) is 0 Å². The van der Waals surface area contributed by atoms with E-state index < -0.39 is 0 Å². The third-order valence-corrected chi connectivity index (χ3v) is 7.45. The second-order valence-electron chi connectivity index (χ2n) is 8.67. The number of amidine groups is 1. The van der Waals surface area contributed by atoms with Crippen LogP contribution in [-0.2, 0) is 6.42 Å². The summed E-state index contributed by atoms with van der Waals surface area (Å²) in [6, 6.07) is 11.1. The highest BCUT2D eigenvalue weighted by molar-refractivity contribution is 8.15. The lowest BCUT2D eigenvalue weighted by Gasteiger charge is -2.35. The molecule has 2 aliphatic heterocycles. The van der Waals surface area contributed by atoms with Crippen LogP contribution in [0.15, 0.2) is 45.8 Å². The summed E-state index contributed by atoms with van der Waals surface area (Å²) in [6.07, 6.45) is 2.12. The van der Waals surface area contributed by atoms with Gasteiger partial charge < -0.3 is 4.90 Å². The molecule has 0 atom stereocenters. The maximum absolute atomic E-state index is 12.3. The van der Waals surface area contributed by atoms with E-state index in [4.69, 9.17) is 10.1 Å². The van der Waals surface area contributed by atoms with Crippen molar-refractivity contribution in [1.29, 1.82) is 0 Å². The molecule has 0 saturated carbocycles. The first-order valence-corrected chi connectivity index (χ1v) is 12.6. The Balaban J connectivity index is 1.75. The van der Waals surface area contributed by atoms with Crippen LogP contribution in [0.1, 0.15) is 57.0 Å². The molecule has 1 amide bonds. The van der Waals surface area contributed by atoms with Gasteiger partial charge in [-0.1, -0.05) is 23.9 Å². The van der Waals surface area contributed by atoms with Crippen LogP contribution in [-0.4, -0.2) is 45.7 Å². The van der Waals surface area contributed by atoms with Crippen molar-refractivity contribution in [2.45, 2.75) is 58.2 Å². The van der Waals surface area contributed by atoms with E-state index in [-0.39, 0.29) is 16.0 Å². The first kappa shape index (κ1) is 22.1. The number of nitrogens with zero attached hydrogens (tertiary/aromatic N) is 4. The number of thiophene rings is 1. The summed E-state index contributed by atoms with van der Waals surface area (Å²) in [7, 11) is 0. The molecule has 1 aromatic heterocycles. The van der Waals surface area contributed by atoms with Crippen molar-refractivity contribution >= 4 is 45.6 Å². The van der Waals surface area contributed by atoms with E-state index >= 15 is 0 Å². The lowest BCUT2D eigenvalue weighted by molar-refractivity contribution is 0.226. The molecule has 0 N–H and O–H groups in total. The number of carbonyl (C=O) groups excluding carboxylic acids is 1. The van der Waals surface area contributed by atoms with Crippen LogP contribution in [0.2, 0.25) is 0 Å². The normalized spacial score (nSPS) is 19.0. The van der Waals surface area contributed by atoms with Gasteiger partial charge in [0, 0.05) is 24.8 Å². The van der Waals surface area contributed by atoms with Crippen molar-refractivity contribution < 1.29 is 4.79 Å². The molecule has 0 aliphatic carbocycles. The minimum atomic E-state index is -0.355. The number of aryl methyl sites for hydroxylation is 1. The Morgan fingerprint density at radius 1 is 1.29 bits per heavy atom. The average Bonchev–Trinajstić information content (AvgIpc) is 3.25. The predicted molar refractivity (Wildman–Crippen MR) is 134 cm³/mol. The molecule has 0 spiro atoms. The molecule has 1 aromatic carbocycles. The topological polar surface area (TPSA) is 48.3 Å². The van der Waals surface area contributed by atoms with Gasteiger partial charge in [0.05, 0.1) is 15.3 Å². The summed E-state index contributed by atoms with van der Waals surface area (Å²) in [4.78, 5) is 20.9. The summed E-state index contributed by atoms with van der Waals surface area (Å²) >= 11 is 3.09. The van der Waals surface area contributed by atoms with Crippen molar-refractivity contribution in [3.05, 3.63) is 51.7 Å². The molecule has 0 bridgehead atoms. The number of hydrogen-bond donors (Lipinski definition) is 0. The number of amides is 1. The number of anilines is 1. The first-order chi connectivity index (χ1) is 14.8. The molecule has 7 heteroatoms. The minimum Gasteiger partial charge on any atom is -0.325 e. The zero-order valence-electron chi connectivity index (χ0n) is 18.9. The maximum Gasteiger partial charge on any atom is 0.302 e. The zero-order valence-corrected chi connectivity index (χ0v) is 20.5. The van der Waals surface area contributed by atoms with E-state index in [1.165, 1.54) is 27.9 Å². The van der Waals surface area contributed by atoms with Gasteiger partial charge in [-0.15, -0.1) is 11.3 Å². The predicted octanol–water partition coefficient (Wildman–Crippen LogP) is 6.03. The van der Waals surface area contributed by atoms with Gasteiger partial charge in [-0.05, 0) is 82.2 Å². The van der Waals surface area contributed by atoms with E-state index in [0.29, 0.717) is 6.54 Å². The molecular formula is C24H30N4OS2. The SMILES string of the molecule is CCN1N=C(c2ccc3c(c2)CCCN3C(=NC(C)C)c2cccs2)C(C)(C)SC1=O. The largest absolute Gasteiger partial charge is 0.325 e. The quantitative estimate of drug-likeness (QED) is 0.419. The molecule has 4 rings (SSSR count). The minimum absolute atomic E-state index is 0.0193. The Morgan fingerprint density at radius 3 is 2.77 bits per heavy atom. The Hall–Kier alpha value is -2.12. The number of aliphatic imine (C=N–C) groups is 1. The van der Waals surface area contributed by atoms with Crippen molar-refractivity contribution in [3.63, 3.8) is 0 Å². The molecule has 164 valence electrons. The summed E-state index contributed by atoms with van der Waals surface area (Å²) < 4.78 is -0.355. The number of fused-ring (bicyclic) bond motifs is 1. The fraction of sp³-hybridized carbons (Fsp3) is 0.458. The lowest BCUT2D eigenvalue weighted by atomic mass is 9.93. The molecule has 31 heavy (non-hydrogen) atoms. The van der Waals surface area contributed by atoms with Gasteiger partial charge in [0.1, 0.15) is 5.84 Å². The van der Waals surface area contributed by atoms with Crippen LogP contribution < -0.4 is 4.90 Å². The number of rotatable bonds is 4. The monoisotopic (exact) mass is 454 g/mol. The number of hydrogen-bond acceptors (Lipinski definition) is 5. The van der Waals surface area contributed by atoms with E-state index in [9.17, 15) is 4.79 Å². The number of hydrazone groups is 1. The Kier molecular flexibility index (Phi) is 6.26. The summed E-state index contributed by atoms with van der Waals surface area (Å²) in [5.41, 5.74) is 4.61. The van der Waals surface area contributed by atoms with Gasteiger partial charge >= 0.3 is 5.24 Å². The van der Waals surface area contributed by atoms with Gasteiger partial charge in [-0.2, -0.15) is 5.10 Å². The average molecular weight is 455 g/mol. The Morgan fingerprint density at radius 2 is 2.10 bits per heavy atom. The highest BCUT2D eigenvalue weighted by Gasteiger charge is 2.37. The van der Waals surface area contributed by atoms with Crippen LogP contribution in [0.25, 0.3) is 0 Å². The van der Waals surface area contributed by atoms with Crippen LogP contribution in [0.4, 0.5) is 10.5 Å². The van der Waals surface area contributed by atoms with E-state index in [2.05, 4.69) is 68.3 Å². The third-order valence-electron chi connectivity index (χ3n) is 5.49. The van der Waals surface area contributed by atoms with Crippen molar-refractivity contribution in [2.75, 3.05) is 18.0 Å². The summed E-state index contributed by atoms with van der Waals surface area (Å²) in [6.45, 7) is 11.9. The smallest absolute Gasteiger partial charge is 0.302 e. The van der Waals surface area contributed by atoms with E-state index in [1.807, 2.05) is 6.92 Å². The van der Waals surface area contributed by atoms with E-state index in [1.54, 1.807) is 16.3 Å². The molecule has 0 fully saturated rings. The fourth-order valence-electron chi connectivity index (χ4n) is 4.09. The maximum atomic E-state index is 12.3. The second kappa shape index (κ2) is 8.79. The lowest BCUT2D eigenvalue weighted by Crippen LogP contribution is -2.41. The second-order valence-corrected chi connectivity index (χ2v) is 11.2. The van der Waals surface area contributed by atoms with Crippen LogP contribution >= 0.6 is 23.1 Å². The molecule has 0 radical (unpaired) electrons. The van der Waals surface area contributed by atoms with Crippen molar-refractivity contribution in [2.24, 2.45) is 10.1 Å². The zero-order chi connectivity index (χ0) is 22.2. The number of carbonyl (C=O) groups is 1. The molecule has 2 aliphatic rings. The van der Waals surface area contributed by atoms with Gasteiger partial charge in [-0.25, -0.2) is 5.01 Å². The van der Waals surface area contributed by atoms with Gasteiger partial charge in [0.2, 0.25) is 0 Å². The molecule has 2 aromatic rings. The first-order valence-electron chi connectivity index (χ1n) is 10.9. The van der Waals surface area contributed by atoms with E-state index in [0.717, 1.165) is 36.5 Å². The third kappa shape index (κ3) is 4.44. The Labute approximate surface area is 193 Å². The molecular weight excluding hydrogens is 424 g/mol. The fourth-order valence-corrected chi connectivity index (χ4v) is 5.78. The molecule has 0 unspecified atom stereocenters. The summed E-state index contributed by atoms with van der Waals surface area (Å²) in [5, 5.41) is 8.43. The molecule has 3 heterocycles. The highest BCUT2D eigenvalue weighted by Crippen LogP contribution is 2.38. The van der Waals surface area contributed by atoms with Gasteiger partial charge in [0.15, 0.2) is 0 Å². The summed E-state index contributed by atoms with van der Waals surface area (Å²) in [5.74, 6) is 1.06. The van der Waals surface area contributed by atoms with Crippen LogP contribution in [0.5, 0.6) is 0 Å². The van der Waals surface area contributed by atoms with Gasteiger partial charge in [0.25, 0.3) is 0 Å². The highest BCUT2D eigenvalue weighted by atomic mass is 32.2. The number of benzene rings is 1. The van der Waals surface area contributed by atoms with Crippen molar-refractivity contribution in [3.8, 4) is 0 Å². The van der Waals surface area contributed by atoms with Crippen molar-refractivity contribution in [1.82, 2.24) is 5.01 Å². The number of thioether (sulfide) groups is 1. The Bertz CT molecular complexity index is 1020. The van der Waals surface area contributed by atoms with Gasteiger partial charge in [-0.3, -0.25) is 9.79 Å². The standard InChI is InChI=1S/C24H30N4OS2/c1-6-28-23(29)31-24(4,5)21(26-28)18-11-12-19-17(15-18)9-7-13-27(19)22(25-16(2)3)20-10-8-14-30-20/h8,10-12,14-16H,6-7,9,13H2,1-5H3. The molecule has 5 nitrogen and oxygen atoms in total. The van der Waals surface area contributed by atoms with Crippen LogP contribution in [0.3, 0.4) is 0 Å².